The lowest BCUT2D eigenvalue weighted by atomic mass is 10.1. The molecule has 1 heterocycles. The van der Waals surface area contributed by atoms with Gasteiger partial charge in [-0.05, 0) is 42.3 Å². The number of hydrogen-bond acceptors (Lipinski definition) is 4. The van der Waals surface area contributed by atoms with Crippen LogP contribution in [0.5, 0.6) is 5.75 Å². The number of amides is 1. The average molecular weight is 446 g/mol. The maximum atomic E-state index is 13.5. The first kappa shape index (κ1) is 20.9. The van der Waals surface area contributed by atoms with Crippen molar-refractivity contribution in [2.75, 3.05) is 18.1 Å². The van der Waals surface area contributed by atoms with Crippen molar-refractivity contribution in [3.63, 3.8) is 0 Å². The zero-order valence-electron chi connectivity index (χ0n) is 14.8. The van der Waals surface area contributed by atoms with Crippen molar-refractivity contribution in [2.45, 2.75) is 19.0 Å². The van der Waals surface area contributed by atoms with Crippen LogP contribution in [0, 0.1) is 5.82 Å². The van der Waals surface area contributed by atoms with E-state index in [0.717, 1.165) is 0 Å². The van der Waals surface area contributed by atoms with Crippen molar-refractivity contribution in [3.05, 3.63) is 63.9 Å². The molecule has 2 aromatic carbocycles. The number of nitrogens with zero attached hydrogens (tertiary/aromatic N) is 1. The van der Waals surface area contributed by atoms with Crippen LogP contribution in [0.2, 0.25) is 10.0 Å². The molecular formula is C19H18Cl2FNO4S. The summed E-state index contributed by atoms with van der Waals surface area (Å²) in [5.74, 6) is -0.626. The highest BCUT2D eigenvalue weighted by Gasteiger charge is 2.34. The highest BCUT2D eigenvalue weighted by Crippen LogP contribution is 2.28. The summed E-state index contributed by atoms with van der Waals surface area (Å²) in [5.41, 5.74) is 0.571. The summed E-state index contributed by atoms with van der Waals surface area (Å²) < 4.78 is 42.8. The molecule has 28 heavy (non-hydrogen) atoms. The number of carbonyl (C=O) groups excluding carboxylic acids is 1. The van der Waals surface area contributed by atoms with Gasteiger partial charge in [0.25, 0.3) is 5.91 Å². The predicted molar refractivity (Wildman–Crippen MR) is 106 cm³/mol. The van der Waals surface area contributed by atoms with E-state index in [1.165, 1.54) is 23.1 Å². The smallest absolute Gasteiger partial charge is 0.261 e. The zero-order valence-corrected chi connectivity index (χ0v) is 17.1. The Hall–Kier alpha value is -1.83. The maximum absolute atomic E-state index is 13.5. The second-order valence-electron chi connectivity index (χ2n) is 6.57. The summed E-state index contributed by atoms with van der Waals surface area (Å²) in [5, 5.41) is 0.702. The van der Waals surface area contributed by atoms with Crippen LogP contribution < -0.4 is 4.74 Å². The molecule has 0 unspecified atom stereocenters. The van der Waals surface area contributed by atoms with Crippen LogP contribution in [-0.4, -0.2) is 43.4 Å². The van der Waals surface area contributed by atoms with E-state index >= 15 is 0 Å². The Labute approximate surface area is 172 Å². The number of hydrogen-bond donors (Lipinski definition) is 0. The van der Waals surface area contributed by atoms with Gasteiger partial charge in [0.1, 0.15) is 11.6 Å². The summed E-state index contributed by atoms with van der Waals surface area (Å²) in [6, 6.07) is 10.0. The molecule has 5 nitrogen and oxygen atoms in total. The van der Waals surface area contributed by atoms with E-state index in [9.17, 15) is 17.6 Å². The fourth-order valence-electron chi connectivity index (χ4n) is 3.09. The van der Waals surface area contributed by atoms with E-state index in [1.807, 2.05) is 0 Å². The number of carbonyl (C=O) groups is 1. The first-order chi connectivity index (χ1) is 13.2. The summed E-state index contributed by atoms with van der Waals surface area (Å²) in [4.78, 5) is 14.3. The SMILES string of the molecule is O=C(COc1ccc(Cl)cc1Cl)N(Cc1cccc(F)c1)[C@@H]1CCS(=O)(=O)C1. The van der Waals surface area contributed by atoms with E-state index in [2.05, 4.69) is 0 Å². The van der Waals surface area contributed by atoms with Gasteiger partial charge in [-0.3, -0.25) is 4.79 Å². The molecular weight excluding hydrogens is 428 g/mol. The van der Waals surface area contributed by atoms with Gasteiger partial charge in [-0.25, -0.2) is 12.8 Å². The molecule has 1 saturated heterocycles. The Balaban J connectivity index is 1.76. The van der Waals surface area contributed by atoms with Crippen LogP contribution in [0.3, 0.4) is 0 Å². The molecule has 3 rings (SSSR count). The molecule has 1 aliphatic heterocycles. The number of halogens is 3. The number of ether oxygens (including phenoxy) is 1. The standard InChI is InChI=1S/C19H18Cl2FNO4S/c20-14-4-5-18(17(21)9-14)27-11-19(24)23(16-6-7-28(25,26)12-16)10-13-2-1-3-15(22)8-13/h1-5,8-9,16H,6-7,10-12H2/t16-/m1/s1. The topological polar surface area (TPSA) is 63.7 Å². The Morgan fingerprint density at radius 1 is 1.21 bits per heavy atom. The molecule has 2 aromatic rings. The van der Waals surface area contributed by atoms with Gasteiger partial charge in [-0.1, -0.05) is 35.3 Å². The summed E-state index contributed by atoms with van der Waals surface area (Å²) in [6.45, 7) is -0.234. The van der Waals surface area contributed by atoms with Gasteiger partial charge in [0.15, 0.2) is 16.4 Å². The van der Waals surface area contributed by atoms with Gasteiger partial charge >= 0.3 is 0 Å². The lowest BCUT2D eigenvalue weighted by Crippen LogP contribution is -2.43. The lowest BCUT2D eigenvalue weighted by Gasteiger charge is -2.28. The van der Waals surface area contributed by atoms with Gasteiger partial charge in [0.2, 0.25) is 0 Å². The molecule has 0 bridgehead atoms. The molecule has 1 amide bonds. The van der Waals surface area contributed by atoms with Gasteiger partial charge in [0.05, 0.1) is 16.5 Å². The molecule has 9 heteroatoms. The largest absolute Gasteiger partial charge is 0.482 e. The minimum atomic E-state index is -3.20. The minimum Gasteiger partial charge on any atom is -0.482 e. The van der Waals surface area contributed by atoms with Crippen molar-refractivity contribution < 1.29 is 22.3 Å². The molecule has 0 radical (unpaired) electrons. The van der Waals surface area contributed by atoms with Crippen LogP contribution >= 0.6 is 23.2 Å². The Bertz CT molecular complexity index is 984. The lowest BCUT2D eigenvalue weighted by molar-refractivity contribution is -0.136. The zero-order chi connectivity index (χ0) is 20.3. The van der Waals surface area contributed by atoms with Crippen molar-refractivity contribution in [3.8, 4) is 5.75 Å². The highest BCUT2D eigenvalue weighted by atomic mass is 35.5. The highest BCUT2D eigenvalue weighted by molar-refractivity contribution is 7.91. The third-order valence-corrected chi connectivity index (χ3v) is 6.74. The first-order valence-corrected chi connectivity index (χ1v) is 11.1. The molecule has 0 aromatic heterocycles. The fraction of sp³-hybridized carbons (Fsp3) is 0.316. The molecule has 0 N–H and O–H groups in total. The van der Waals surface area contributed by atoms with Gasteiger partial charge in [-0.2, -0.15) is 0 Å². The van der Waals surface area contributed by atoms with Crippen LogP contribution in [0.1, 0.15) is 12.0 Å². The normalized spacial score (nSPS) is 18.0. The maximum Gasteiger partial charge on any atom is 0.261 e. The molecule has 0 spiro atoms. The third kappa shape index (κ3) is 5.37. The summed E-state index contributed by atoms with van der Waals surface area (Å²) in [7, 11) is -3.20. The summed E-state index contributed by atoms with van der Waals surface area (Å²) in [6.07, 6.45) is 0.338. The number of benzene rings is 2. The van der Waals surface area contributed by atoms with Crippen LogP contribution in [-0.2, 0) is 21.2 Å². The second-order valence-corrected chi connectivity index (χ2v) is 9.64. The molecule has 0 saturated carbocycles. The second kappa shape index (κ2) is 8.68. The fourth-order valence-corrected chi connectivity index (χ4v) is 5.28. The first-order valence-electron chi connectivity index (χ1n) is 8.56. The average Bonchev–Trinajstić information content (AvgIpc) is 2.98. The molecule has 1 aliphatic rings. The number of rotatable bonds is 6. The van der Waals surface area contributed by atoms with Crippen molar-refractivity contribution in [2.24, 2.45) is 0 Å². The molecule has 1 atom stereocenters. The van der Waals surface area contributed by atoms with Crippen LogP contribution in [0.4, 0.5) is 4.39 Å². The molecule has 150 valence electrons. The Morgan fingerprint density at radius 2 is 2.00 bits per heavy atom. The quantitative estimate of drug-likeness (QED) is 0.679. The predicted octanol–water partition coefficient (Wildman–Crippen LogP) is 3.73. The van der Waals surface area contributed by atoms with E-state index in [1.54, 1.807) is 24.3 Å². The van der Waals surface area contributed by atoms with E-state index in [-0.39, 0.29) is 29.7 Å². The third-order valence-electron chi connectivity index (χ3n) is 4.46. The monoisotopic (exact) mass is 445 g/mol. The molecule has 0 aliphatic carbocycles. The van der Waals surface area contributed by atoms with E-state index in [0.29, 0.717) is 22.8 Å². The van der Waals surface area contributed by atoms with Gasteiger partial charge in [0, 0.05) is 17.6 Å². The summed E-state index contributed by atoms with van der Waals surface area (Å²) >= 11 is 11.9. The van der Waals surface area contributed by atoms with Gasteiger partial charge < -0.3 is 9.64 Å². The number of sulfone groups is 1. The van der Waals surface area contributed by atoms with E-state index < -0.39 is 27.6 Å². The van der Waals surface area contributed by atoms with Crippen LogP contribution in [0.25, 0.3) is 0 Å². The van der Waals surface area contributed by atoms with Crippen molar-refractivity contribution in [1.29, 1.82) is 0 Å². The Kier molecular flexibility index (Phi) is 6.47. The Morgan fingerprint density at radius 3 is 2.64 bits per heavy atom. The molecule has 1 fully saturated rings. The van der Waals surface area contributed by atoms with Crippen molar-refractivity contribution in [1.82, 2.24) is 4.90 Å². The van der Waals surface area contributed by atoms with Crippen LogP contribution in [0.15, 0.2) is 42.5 Å². The minimum absolute atomic E-state index is 0.0223. The van der Waals surface area contributed by atoms with Gasteiger partial charge in [-0.15, -0.1) is 0 Å². The van der Waals surface area contributed by atoms with Crippen molar-refractivity contribution >= 4 is 38.9 Å². The van der Waals surface area contributed by atoms with E-state index in [4.69, 9.17) is 27.9 Å².